The molecule has 1 fully saturated rings. The molecule has 2 rings (SSSR count). The predicted molar refractivity (Wildman–Crippen MR) is 92.2 cm³/mol. The Morgan fingerprint density at radius 2 is 1.95 bits per heavy atom. The van der Waals surface area contributed by atoms with E-state index in [2.05, 4.69) is 10.2 Å². The molecule has 0 aliphatic carbocycles. The molecule has 5 nitrogen and oxygen atoms in total. The van der Waals surface area contributed by atoms with Crippen molar-refractivity contribution < 1.29 is 14.0 Å². The van der Waals surface area contributed by atoms with Gasteiger partial charge in [0.15, 0.2) is 5.11 Å². The van der Waals surface area contributed by atoms with Gasteiger partial charge in [-0.3, -0.25) is 0 Å². The smallest absolute Gasteiger partial charge is 0.420 e. The van der Waals surface area contributed by atoms with Crippen molar-refractivity contribution in [3.8, 4) is 0 Å². The minimum Gasteiger partial charge on any atom is -0.420 e. The number of anilines is 1. The second kappa shape index (κ2) is 7.26. The Balaban J connectivity index is 1.89. The van der Waals surface area contributed by atoms with Crippen LogP contribution in [-0.2, 0) is 4.74 Å². The van der Waals surface area contributed by atoms with Gasteiger partial charge in [0.25, 0.3) is 0 Å². The van der Waals surface area contributed by atoms with Gasteiger partial charge < -0.3 is 15.0 Å². The van der Waals surface area contributed by atoms with Crippen molar-refractivity contribution in [3.63, 3.8) is 0 Å². The van der Waals surface area contributed by atoms with Crippen LogP contribution in [0.25, 0.3) is 0 Å². The Hall–Kier alpha value is -1.37. The van der Waals surface area contributed by atoms with Gasteiger partial charge in [-0.25, -0.2) is 4.48 Å². The SMILES string of the molecule is CCOC(=O)[N+]1(C)CCN(C(=S)Nc2ccc(Cl)cc2)CC1. The van der Waals surface area contributed by atoms with Crippen molar-refractivity contribution >= 4 is 40.7 Å². The second-order valence-electron chi connectivity index (χ2n) is 5.47. The molecule has 0 atom stereocenters. The van der Waals surface area contributed by atoms with Crippen LogP contribution in [0.5, 0.6) is 0 Å². The number of hydrogen-bond donors (Lipinski definition) is 1. The lowest BCUT2D eigenvalue weighted by atomic mass is 10.3. The monoisotopic (exact) mass is 342 g/mol. The molecule has 1 heterocycles. The summed E-state index contributed by atoms with van der Waals surface area (Å²) in [7, 11) is 1.91. The van der Waals surface area contributed by atoms with Crippen molar-refractivity contribution in [3.05, 3.63) is 29.3 Å². The van der Waals surface area contributed by atoms with Gasteiger partial charge in [0, 0.05) is 10.7 Å². The third kappa shape index (κ3) is 4.09. The molecule has 120 valence electrons. The first-order chi connectivity index (χ1) is 10.4. The predicted octanol–water partition coefficient (Wildman–Crippen LogP) is 2.96. The molecule has 1 aliphatic rings. The Morgan fingerprint density at radius 1 is 1.36 bits per heavy atom. The van der Waals surface area contributed by atoms with E-state index in [9.17, 15) is 4.79 Å². The molecule has 1 aliphatic heterocycles. The lowest BCUT2D eigenvalue weighted by Gasteiger charge is -2.39. The highest BCUT2D eigenvalue weighted by Gasteiger charge is 2.38. The molecule has 1 amide bonds. The first-order valence-corrected chi connectivity index (χ1v) is 8.06. The summed E-state index contributed by atoms with van der Waals surface area (Å²) >= 11 is 11.3. The van der Waals surface area contributed by atoms with Gasteiger partial charge in [-0.15, -0.1) is 0 Å². The fraction of sp³-hybridized carbons (Fsp3) is 0.467. The maximum absolute atomic E-state index is 12.0. The molecule has 0 saturated carbocycles. The number of ether oxygens (including phenoxy) is 1. The quantitative estimate of drug-likeness (QED) is 0.661. The number of carbonyl (C=O) groups is 1. The molecule has 0 aromatic heterocycles. The number of nitrogens with zero attached hydrogens (tertiary/aromatic N) is 2. The molecule has 1 aromatic carbocycles. The van der Waals surface area contributed by atoms with E-state index in [-0.39, 0.29) is 6.09 Å². The number of thiocarbonyl (C=S) groups is 1. The van der Waals surface area contributed by atoms with Crippen molar-refractivity contribution in [2.24, 2.45) is 0 Å². The van der Waals surface area contributed by atoms with Gasteiger partial charge in [-0.1, -0.05) is 11.6 Å². The van der Waals surface area contributed by atoms with E-state index in [4.69, 9.17) is 28.6 Å². The van der Waals surface area contributed by atoms with Crippen molar-refractivity contribution in [1.82, 2.24) is 4.90 Å². The summed E-state index contributed by atoms with van der Waals surface area (Å²) in [6.45, 7) is 5.03. The number of carbonyl (C=O) groups excluding carboxylic acids is 1. The van der Waals surface area contributed by atoms with E-state index < -0.39 is 0 Å². The van der Waals surface area contributed by atoms with Gasteiger partial charge in [-0.2, -0.15) is 4.79 Å². The second-order valence-corrected chi connectivity index (χ2v) is 6.29. The van der Waals surface area contributed by atoms with Gasteiger partial charge in [-0.05, 0) is 43.4 Å². The number of likely N-dealkylation sites (N-methyl/N-ethyl adjacent to an activating group) is 1. The van der Waals surface area contributed by atoms with Crippen LogP contribution in [0.15, 0.2) is 24.3 Å². The summed E-state index contributed by atoms with van der Waals surface area (Å²) in [5, 5.41) is 4.55. The zero-order valence-corrected chi connectivity index (χ0v) is 14.4. The summed E-state index contributed by atoms with van der Waals surface area (Å²) in [6.07, 6.45) is -0.168. The fourth-order valence-corrected chi connectivity index (χ4v) is 2.73. The summed E-state index contributed by atoms with van der Waals surface area (Å²) in [4.78, 5) is 14.1. The third-order valence-corrected chi connectivity index (χ3v) is 4.43. The van der Waals surface area contributed by atoms with Crippen LogP contribution >= 0.6 is 23.8 Å². The molecular formula is C15H21ClN3O2S+. The minimum atomic E-state index is -0.168. The highest BCUT2D eigenvalue weighted by atomic mass is 35.5. The van der Waals surface area contributed by atoms with Gasteiger partial charge in [0.05, 0.1) is 26.7 Å². The number of rotatable bonds is 2. The zero-order valence-electron chi connectivity index (χ0n) is 12.8. The molecular weight excluding hydrogens is 322 g/mol. The Morgan fingerprint density at radius 3 is 2.50 bits per heavy atom. The third-order valence-electron chi connectivity index (χ3n) is 3.82. The molecule has 1 N–H and O–H groups in total. The summed E-state index contributed by atoms with van der Waals surface area (Å²) in [5.41, 5.74) is 0.905. The summed E-state index contributed by atoms with van der Waals surface area (Å²) in [5.74, 6) is 0. The molecule has 1 aromatic rings. The number of nitrogens with one attached hydrogen (secondary N) is 1. The number of hydrogen-bond acceptors (Lipinski definition) is 3. The van der Waals surface area contributed by atoms with E-state index in [1.165, 1.54) is 0 Å². The topological polar surface area (TPSA) is 41.6 Å². The van der Waals surface area contributed by atoms with Crippen LogP contribution < -0.4 is 5.32 Å². The van der Waals surface area contributed by atoms with Crippen molar-refractivity contribution in [1.29, 1.82) is 0 Å². The molecule has 0 bridgehead atoms. The van der Waals surface area contributed by atoms with E-state index >= 15 is 0 Å². The number of halogens is 1. The van der Waals surface area contributed by atoms with Crippen molar-refractivity contribution in [2.45, 2.75) is 6.92 Å². The average Bonchev–Trinajstić information content (AvgIpc) is 2.50. The lowest BCUT2D eigenvalue weighted by Crippen LogP contribution is -2.61. The van der Waals surface area contributed by atoms with Crippen molar-refractivity contribution in [2.75, 3.05) is 45.2 Å². The summed E-state index contributed by atoms with van der Waals surface area (Å²) in [6, 6.07) is 7.41. The molecule has 0 unspecified atom stereocenters. The Labute approximate surface area is 141 Å². The maximum atomic E-state index is 12.0. The fourth-order valence-electron chi connectivity index (χ4n) is 2.31. The van der Waals surface area contributed by atoms with Crippen LogP contribution in [0.2, 0.25) is 5.02 Å². The van der Waals surface area contributed by atoms with Crippen LogP contribution in [0, 0.1) is 0 Å². The number of quaternary nitrogens is 1. The molecule has 0 spiro atoms. The van der Waals surface area contributed by atoms with Crippen LogP contribution in [0.3, 0.4) is 0 Å². The standard InChI is InChI=1S/C15H20ClN3O2S/c1-3-21-15(20)19(2)10-8-18(9-11-19)14(22)17-13-6-4-12(16)5-7-13/h4-7H,3,8-11H2,1-2H3/p+1. The highest BCUT2D eigenvalue weighted by Crippen LogP contribution is 2.16. The molecule has 1 saturated heterocycles. The van der Waals surface area contributed by atoms with E-state index in [0.29, 0.717) is 34.3 Å². The average molecular weight is 343 g/mol. The van der Waals surface area contributed by atoms with Gasteiger partial charge in [0.1, 0.15) is 13.1 Å². The Kier molecular flexibility index (Phi) is 5.61. The zero-order chi connectivity index (χ0) is 16.2. The van der Waals surface area contributed by atoms with E-state index in [1.807, 2.05) is 38.2 Å². The molecule has 7 heteroatoms. The molecule has 0 radical (unpaired) electrons. The number of amides is 1. The number of piperazine rings is 1. The van der Waals surface area contributed by atoms with Gasteiger partial charge in [0.2, 0.25) is 0 Å². The lowest BCUT2D eigenvalue weighted by molar-refractivity contribution is -0.842. The van der Waals surface area contributed by atoms with Crippen LogP contribution in [0.4, 0.5) is 10.5 Å². The Bertz CT molecular complexity index is 542. The van der Waals surface area contributed by atoms with Crippen LogP contribution in [0.1, 0.15) is 6.92 Å². The first kappa shape index (κ1) is 17.0. The number of benzene rings is 1. The van der Waals surface area contributed by atoms with E-state index in [1.54, 1.807) is 0 Å². The normalized spacial score (nSPS) is 17.0. The first-order valence-electron chi connectivity index (χ1n) is 7.28. The summed E-state index contributed by atoms with van der Waals surface area (Å²) < 4.78 is 5.44. The maximum Gasteiger partial charge on any atom is 0.515 e. The van der Waals surface area contributed by atoms with E-state index in [0.717, 1.165) is 18.8 Å². The largest absolute Gasteiger partial charge is 0.515 e. The van der Waals surface area contributed by atoms with Gasteiger partial charge >= 0.3 is 6.09 Å². The molecule has 22 heavy (non-hydrogen) atoms. The van der Waals surface area contributed by atoms with Crippen LogP contribution in [-0.4, -0.2) is 60.4 Å². The minimum absolute atomic E-state index is 0.168. The highest BCUT2D eigenvalue weighted by molar-refractivity contribution is 7.80.